The number of nitrogens with zero attached hydrogens (tertiary/aromatic N) is 1. The van der Waals surface area contributed by atoms with Gasteiger partial charge in [-0.3, -0.25) is 9.59 Å². The second kappa shape index (κ2) is 9.93. The second-order valence-electron chi connectivity index (χ2n) is 7.40. The average molecular weight is 446 g/mol. The van der Waals surface area contributed by atoms with E-state index < -0.39 is 15.9 Å². The molecule has 2 amide bonds. The number of rotatable bonds is 9. The third-order valence-corrected chi connectivity index (χ3v) is 6.84. The van der Waals surface area contributed by atoms with Gasteiger partial charge in [-0.1, -0.05) is 30.3 Å². The van der Waals surface area contributed by atoms with Gasteiger partial charge in [0.15, 0.2) is 0 Å². The first kappa shape index (κ1) is 22.8. The van der Waals surface area contributed by atoms with Crippen LogP contribution in [0.1, 0.15) is 24.9 Å². The minimum atomic E-state index is -3.68. The molecule has 2 N–H and O–H groups in total. The molecular formula is C22H27N3O5S. The van der Waals surface area contributed by atoms with Crippen LogP contribution in [0.3, 0.4) is 0 Å². The quantitative estimate of drug-likeness (QED) is 0.572. The van der Waals surface area contributed by atoms with Crippen LogP contribution < -0.4 is 14.8 Å². The van der Waals surface area contributed by atoms with Crippen LogP contribution in [0.2, 0.25) is 0 Å². The molecule has 0 radical (unpaired) electrons. The van der Waals surface area contributed by atoms with Crippen molar-refractivity contribution < 1.29 is 22.7 Å². The van der Waals surface area contributed by atoms with Gasteiger partial charge in [0, 0.05) is 26.1 Å². The first-order valence-corrected chi connectivity index (χ1v) is 11.6. The van der Waals surface area contributed by atoms with Crippen molar-refractivity contribution in [2.75, 3.05) is 26.7 Å². The van der Waals surface area contributed by atoms with Crippen LogP contribution in [0.5, 0.6) is 5.75 Å². The first-order valence-electron chi connectivity index (χ1n) is 10.1. The molecule has 1 saturated heterocycles. The summed E-state index contributed by atoms with van der Waals surface area (Å²) in [4.78, 5) is 26.7. The summed E-state index contributed by atoms with van der Waals surface area (Å²) in [6, 6.07) is 15.6. The molecule has 0 spiro atoms. The molecule has 1 fully saturated rings. The fourth-order valence-electron chi connectivity index (χ4n) is 3.55. The predicted octanol–water partition coefficient (Wildman–Crippen LogP) is 1.70. The van der Waals surface area contributed by atoms with Gasteiger partial charge in [0.25, 0.3) is 0 Å². The van der Waals surface area contributed by atoms with Gasteiger partial charge < -0.3 is 15.0 Å². The molecule has 166 valence electrons. The first-order chi connectivity index (χ1) is 14.8. The van der Waals surface area contributed by atoms with E-state index in [4.69, 9.17) is 4.74 Å². The Morgan fingerprint density at radius 1 is 1.13 bits per heavy atom. The van der Waals surface area contributed by atoms with Crippen molar-refractivity contribution in [1.82, 2.24) is 14.9 Å². The van der Waals surface area contributed by atoms with Crippen molar-refractivity contribution in [3.63, 3.8) is 0 Å². The van der Waals surface area contributed by atoms with Crippen molar-refractivity contribution in [1.29, 1.82) is 0 Å². The van der Waals surface area contributed by atoms with Gasteiger partial charge in [0.2, 0.25) is 21.8 Å². The number of benzene rings is 2. The Bertz CT molecular complexity index is 1010. The molecule has 1 aliphatic heterocycles. The molecule has 8 nitrogen and oxygen atoms in total. The lowest BCUT2D eigenvalue weighted by Crippen LogP contribution is -2.38. The topological polar surface area (TPSA) is 105 Å². The molecule has 0 bridgehead atoms. The molecule has 0 aliphatic carbocycles. The van der Waals surface area contributed by atoms with Gasteiger partial charge in [-0.2, -0.15) is 0 Å². The fourth-order valence-corrected chi connectivity index (χ4v) is 4.58. The van der Waals surface area contributed by atoms with Crippen molar-refractivity contribution >= 4 is 21.8 Å². The van der Waals surface area contributed by atoms with Crippen LogP contribution in [-0.2, 0) is 19.6 Å². The number of carbonyl (C=O) groups is 2. The summed E-state index contributed by atoms with van der Waals surface area (Å²) in [7, 11) is -2.18. The number of likely N-dealkylation sites (tertiary alicyclic amines) is 1. The van der Waals surface area contributed by atoms with Crippen LogP contribution in [0, 0.1) is 5.92 Å². The monoisotopic (exact) mass is 445 g/mol. The average Bonchev–Trinajstić information content (AvgIpc) is 3.18. The van der Waals surface area contributed by atoms with E-state index in [9.17, 15) is 18.0 Å². The largest absolute Gasteiger partial charge is 0.497 e. The second-order valence-corrected chi connectivity index (χ2v) is 9.17. The lowest BCUT2D eigenvalue weighted by atomic mass is 10.1. The lowest BCUT2D eigenvalue weighted by Gasteiger charge is -2.25. The van der Waals surface area contributed by atoms with Crippen molar-refractivity contribution in [2.45, 2.75) is 24.3 Å². The summed E-state index contributed by atoms with van der Waals surface area (Å²) in [5.41, 5.74) is 1.02. The van der Waals surface area contributed by atoms with Gasteiger partial charge in [0.1, 0.15) is 5.75 Å². The molecule has 0 aromatic heterocycles. The number of sulfonamides is 1. The number of hydrogen-bond donors (Lipinski definition) is 2. The van der Waals surface area contributed by atoms with Gasteiger partial charge in [-0.15, -0.1) is 0 Å². The van der Waals surface area contributed by atoms with E-state index in [1.165, 1.54) is 19.2 Å². The number of carbonyl (C=O) groups excluding carboxylic acids is 2. The van der Waals surface area contributed by atoms with E-state index in [0.29, 0.717) is 12.3 Å². The van der Waals surface area contributed by atoms with Gasteiger partial charge >= 0.3 is 0 Å². The Balaban J connectivity index is 1.47. The van der Waals surface area contributed by atoms with Crippen LogP contribution >= 0.6 is 0 Å². The minimum Gasteiger partial charge on any atom is -0.497 e. The van der Waals surface area contributed by atoms with Crippen LogP contribution in [-0.4, -0.2) is 51.9 Å². The van der Waals surface area contributed by atoms with Crippen molar-refractivity contribution in [2.24, 2.45) is 5.92 Å². The summed E-state index contributed by atoms with van der Waals surface area (Å²) in [6.07, 6.45) is 0.153. The van der Waals surface area contributed by atoms with E-state index in [2.05, 4.69) is 10.0 Å². The summed E-state index contributed by atoms with van der Waals surface area (Å²) < 4.78 is 32.1. The van der Waals surface area contributed by atoms with Crippen molar-refractivity contribution in [3.05, 3.63) is 60.2 Å². The summed E-state index contributed by atoms with van der Waals surface area (Å²) >= 11 is 0. The van der Waals surface area contributed by atoms with Gasteiger partial charge in [0.05, 0.1) is 24.0 Å². The standard InChI is InChI=1S/C22H27N3O5S/c1-16(17-6-4-3-5-7-17)25-15-18(14-21(25)26)22(27)23-12-13-24-31(28,29)20-10-8-19(30-2)9-11-20/h3-11,16,18,24H,12-15H2,1-2H3,(H,23,27). The van der Waals surface area contributed by atoms with Crippen LogP contribution in [0.4, 0.5) is 0 Å². The number of nitrogens with one attached hydrogen (secondary N) is 2. The Labute approximate surface area is 182 Å². The SMILES string of the molecule is COc1ccc(S(=O)(=O)NCCNC(=O)C2CC(=O)N(C(C)c3ccccc3)C2)cc1. The highest BCUT2D eigenvalue weighted by atomic mass is 32.2. The number of methoxy groups -OCH3 is 1. The molecule has 2 aromatic rings. The molecule has 1 aliphatic rings. The molecule has 3 rings (SSSR count). The summed E-state index contributed by atoms with van der Waals surface area (Å²) in [6.45, 7) is 2.47. The highest BCUT2D eigenvalue weighted by Gasteiger charge is 2.36. The Morgan fingerprint density at radius 2 is 1.81 bits per heavy atom. The Morgan fingerprint density at radius 3 is 2.45 bits per heavy atom. The van der Waals surface area contributed by atoms with Crippen molar-refractivity contribution in [3.8, 4) is 5.75 Å². The highest BCUT2D eigenvalue weighted by Crippen LogP contribution is 2.28. The molecule has 9 heteroatoms. The molecule has 0 saturated carbocycles. The third-order valence-electron chi connectivity index (χ3n) is 5.36. The Hall–Kier alpha value is -2.91. The van der Waals surface area contributed by atoms with Crippen LogP contribution in [0.15, 0.2) is 59.5 Å². The smallest absolute Gasteiger partial charge is 0.240 e. The fraction of sp³-hybridized carbons (Fsp3) is 0.364. The maximum Gasteiger partial charge on any atom is 0.240 e. The molecule has 2 atom stereocenters. The molecule has 1 heterocycles. The summed E-state index contributed by atoms with van der Waals surface area (Å²) in [5, 5.41) is 2.72. The zero-order chi connectivity index (χ0) is 22.4. The molecule has 2 aromatic carbocycles. The maximum absolute atomic E-state index is 12.5. The molecular weight excluding hydrogens is 418 g/mol. The minimum absolute atomic E-state index is 0.0465. The van der Waals surface area contributed by atoms with Gasteiger partial charge in [-0.05, 0) is 36.8 Å². The van der Waals surface area contributed by atoms with Crippen LogP contribution in [0.25, 0.3) is 0 Å². The van der Waals surface area contributed by atoms with E-state index >= 15 is 0 Å². The summed E-state index contributed by atoms with van der Waals surface area (Å²) in [5.74, 6) is -0.193. The molecule has 31 heavy (non-hydrogen) atoms. The zero-order valence-corrected chi connectivity index (χ0v) is 18.4. The molecule has 2 unspecified atom stereocenters. The van der Waals surface area contributed by atoms with E-state index in [1.54, 1.807) is 17.0 Å². The Kier molecular flexibility index (Phi) is 7.29. The normalized spacial score (nSPS) is 17.4. The van der Waals surface area contributed by atoms with Gasteiger partial charge in [-0.25, -0.2) is 13.1 Å². The van der Waals surface area contributed by atoms with E-state index in [-0.39, 0.29) is 42.3 Å². The number of amides is 2. The maximum atomic E-state index is 12.5. The number of hydrogen-bond acceptors (Lipinski definition) is 5. The zero-order valence-electron chi connectivity index (χ0n) is 17.6. The number of ether oxygens (including phenoxy) is 1. The predicted molar refractivity (Wildman–Crippen MR) is 116 cm³/mol. The van der Waals surface area contributed by atoms with E-state index in [1.807, 2.05) is 37.3 Å². The lowest BCUT2D eigenvalue weighted by molar-refractivity contribution is -0.130. The highest BCUT2D eigenvalue weighted by molar-refractivity contribution is 7.89. The van der Waals surface area contributed by atoms with E-state index in [0.717, 1.165) is 5.56 Å². The third kappa shape index (κ3) is 5.62.